The molecule has 0 radical (unpaired) electrons. The molecule has 1 amide bonds. The molecule has 0 spiro atoms. The Bertz CT molecular complexity index is 419. The first kappa shape index (κ1) is 12.9. The Kier molecular flexibility index (Phi) is 3.57. The van der Waals surface area contributed by atoms with Crippen LogP contribution in [0.3, 0.4) is 0 Å². The molecule has 18 heavy (non-hydrogen) atoms. The average molecular weight is 249 g/mol. The molecule has 1 aliphatic rings. The average Bonchev–Trinajstić information content (AvgIpc) is 2.32. The first-order valence-electron chi connectivity index (χ1n) is 6.24. The monoisotopic (exact) mass is 249 g/mol. The van der Waals surface area contributed by atoms with Crippen molar-refractivity contribution in [1.29, 1.82) is 0 Å². The normalized spacial score (nSPS) is 18.7. The number of nitrogens with zero attached hydrogens (tertiary/aromatic N) is 1. The minimum absolute atomic E-state index is 0.414. The van der Waals surface area contributed by atoms with Gasteiger partial charge in [0, 0.05) is 19.5 Å². The third-order valence-corrected chi connectivity index (χ3v) is 3.62. The molecule has 98 valence electrons. The van der Waals surface area contributed by atoms with Crippen LogP contribution in [-0.4, -0.2) is 39.9 Å². The number of hydrogen-bond donors (Lipinski definition) is 2. The number of likely N-dealkylation sites (tertiary alicyclic amines) is 1. The Morgan fingerprint density at radius 3 is 2.33 bits per heavy atom. The summed E-state index contributed by atoms with van der Waals surface area (Å²) in [5, 5.41) is 19.3. The van der Waals surface area contributed by atoms with Crippen molar-refractivity contribution >= 4 is 6.09 Å². The highest BCUT2D eigenvalue weighted by Crippen LogP contribution is 2.26. The van der Waals surface area contributed by atoms with Crippen molar-refractivity contribution in [3.63, 3.8) is 0 Å². The van der Waals surface area contributed by atoms with Crippen LogP contribution in [0, 0.1) is 6.92 Å². The van der Waals surface area contributed by atoms with Gasteiger partial charge in [-0.25, -0.2) is 4.79 Å². The SMILES string of the molecule is Cc1ccc(CC2(O)CCN(C(=O)O)CC2)cc1. The number of aryl methyl sites for hydroxylation is 1. The van der Waals surface area contributed by atoms with Crippen molar-refractivity contribution in [2.45, 2.75) is 31.8 Å². The quantitative estimate of drug-likeness (QED) is 0.843. The first-order chi connectivity index (χ1) is 8.48. The zero-order valence-corrected chi connectivity index (χ0v) is 10.6. The van der Waals surface area contributed by atoms with Gasteiger partial charge in [-0.05, 0) is 25.3 Å². The van der Waals surface area contributed by atoms with Crippen LogP contribution in [0.2, 0.25) is 0 Å². The van der Waals surface area contributed by atoms with Gasteiger partial charge in [0.25, 0.3) is 0 Å². The highest BCUT2D eigenvalue weighted by Gasteiger charge is 2.33. The van der Waals surface area contributed by atoms with Gasteiger partial charge in [0.1, 0.15) is 0 Å². The standard InChI is InChI=1S/C14H19NO3/c1-11-2-4-12(5-3-11)10-14(18)6-8-15(9-7-14)13(16)17/h2-5,18H,6-10H2,1H3,(H,16,17). The number of amides is 1. The number of carbonyl (C=O) groups is 1. The largest absolute Gasteiger partial charge is 0.465 e. The van der Waals surface area contributed by atoms with Crippen LogP contribution in [-0.2, 0) is 6.42 Å². The molecular weight excluding hydrogens is 230 g/mol. The van der Waals surface area contributed by atoms with E-state index in [-0.39, 0.29) is 0 Å². The number of carboxylic acid groups (broad SMARTS) is 1. The summed E-state index contributed by atoms with van der Waals surface area (Å²) in [6.07, 6.45) is 0.716. The lowest BCUT2D eigenvalue weighted by Crippen LogP contribution is -2.47. The van der Waals surface area contributed by atoms with Gasteiger partial charge >= 0.3 is 6.09 Å². The molecule has 2 rings (SSSR count). The summed E-state index contributed by atoms with van der Waals surface area (Å²) in [5.74, 6) is 0. The van der Waals surface area contributed by atoms with E-state index in [1.165, 1.54) is 10.5 Å². The van der Waals surface area contributed by atoms with Gasteiger partial charge in [0.15, 0.2) is 0 Å². The molecular formula is C14H19NO3. The summed E-state index contributed by atoms with van der Waals surface area (Å²) < 4.78 is 0. The molecule has 0 aromatic heterocycles. The van der Waals surface area contributed by atoms with Crippen molar-refractivity contribution in [3.05, 3.63) is 35.4 Å². The Hall–Kier alpha value is -1.55. The minimum atomic E-state index is -0.896. The smallest absolute Gasteiger partial charge is 0.407 e. The molecule has 4 nitrogen and oxygen atoms in total. The third kappa shape index (κ3) is 3.01. The lowest BCUT2D eigenvalue weighted by Gasteiger charge is -2.37. The number of piperidine rings is 1. The second-order valence-corrected chi connectivity index (χ2v) is 5.16. The van der Waals surface area contributed by atoms with Gasteiger partial charge in [0.05, 0.1) is 5.60 Å². The molecule has 1 fully saturated rings. The fraction of sp³-hybridized carbons (Fsp3) is 0.500. The van der Waals surface area contributed by atoms with E-state index in [0.29, 0.717) is 32.4 Å². The van der Waals surface area contributed by atoms with Gasteiger partial charge in [0.2, 0.25) is 0 Å². The van der Waals surface area contributed by atoms with Crippen molar-refractivity contribution in [1.82, 2.24) is 4.90 Å². The topological polar surface area (TPSA) is 60.8 Å². The van der Waals surface area contributed by atoms with Gasteiger partial charge in [-0.1, -0.05) is 29.8 Å². The molecule has 1 saturated heterocycles. The second-order valence-electron chi connectivity index (χ2n) is 5.16. The predicted molar refractivity (Wildman–Crippen MR) is 68.7 cm³/mol. The van der Waals surface area contributed by atoms with E-state index in [9.17, 15) is 9.90 Å². The molecule has 2 N–H and O–H groups in total. The van der Waals surface area contributed by atoms with Gasteiger partial charge < -0.3 is 15.1 Å². The zero-order valence-electron chi connectivity index (χ0n) is 10.6. The van der Waals surface area contributed by atoms with E-state index in [1.807, 2.05) is 31.2 Å². The maximum absolute atomic E-state index is 10.8. The van der Waals surface area contributed by atoms with E-state index >= 15 is 0 Å². The number of aliphatic hydroxyl groups is 1. The minimum Gasteiger partial charge on any atom is -0.465 e. The molecule has 0 bridgehead atoms. The Morgan fingerprint density at radius 2 is 1.83 bits per heavy atom. The molecule has 1 aromatic rings. The van der Waals surface area contributed by atoms with Crippen molar-refractivity contribution in [2.24, 2.45) is 0 Å². The molecule has 1 aliphatic heterocycles. The van der Waals surface area contributed by atoms with Gasteiger partial charge in [-0.2, -0.15) is 0 Å². The maximum atomic E-state index is 10.8. The summed E-state index contributed by atoms with van der Waals surface area (Å²) in [4.78, 5) is 12.2. The summed E-state index contributed by atoms with van der Waals surface area (Å²) in [6.45, 7) is 2.86. The van der Waals surface area contributed by atoms with E-state index in [0.717, 1.165) is 5.56 Å². The van der Waals surface area contributed by atoms with Crippen LogP contribution in [0.25, 0.3) is 0 Å². The fourth-order valence-electron chi connectivity index (χ4n) is 2.38. The summed E-state index contributed by atoms with van der Waals surface area (Å²) in [5.41, 5.74) is 1.54. The van der Waals surface area contributed by atoms with E-state index in [4.69, 9.17) is 5.11 Å². The highest BCUT2D eigenvalue weighted by molar-refractivity contribution is 5.65. The third-order valence-electron chi connectivity index (χ3n) is 3.62. The van der Waals surface area contributed by atoms with Crippen LogP contribution >= 0.6 is 0 Å². The fourth-order valence-corrected chi connectivity index (χ4v) is 2.38. The number of rotatable bonds is 2. The second kappa shape index (κ2) is 4.98. The summed E-state index contributed by atoms with van der Waals surface area (Å²) in [6, 6.07) is 8.11. The molecule has 0 atom stereocenters. The summed E-state index contributed by atoms with van der Waals surface area (Å²) in [7, 11) is 0. The molecule has 0 unspecified atom stereocenters. The Balaban J connectivity index is 1.97. The van der Waals surface area contributed by atoms with E-state index in [1.54, 1.807) is 0 Å². The van der Waals surface area contributed by atoms with Crippen molar-refractivity contribution < 1.29 is 15.0 Å². The van der Waals surface area contributed by atoms with Gasteiger partial charge in [-0.3, -0.25) is 0 Å². The van der Waals surface area contributed by atoms with Crippen LogP contribution in [0.15, 0.2) is 24.3 Å². The Labute approximate surface area is 107 Å². The Morgan fingerprint density at radius 1 is 1.28 bits per heavy atom. The maximum Gasteiger partial charge on any atom is 0.407 e. The summed E-state index contributed by atoms with van der Waals surface area (Å²) >= 11 is 0. The van der Waals surface area contributed by atoms with Crippen LogP contribution in [0.5, 0.6) is 0 Å². The molecule has 0 aliphatic carbocycles. The van der Waals surface area contributed by atoms with Crippen molar-refractivity contribution in [2.75, 3.05) is 13.1 Å². The van der Waals surface area contributed by atoms with Crippen LogP contribution in [0.1, 0.15) is 24.0 Å². The number of benzene rings is 1. The van der Waals surface area contributed by atoms with E-state index < -0.39 is 11.7 Å². The lowest BCUT2D eigenvalue weighted by atomic mass is 9.85. The number of hydrogen-bond acceptors (Lipinski definition) is 2. The molecule has 1 heterocycles. The molecule has 1 aromatic carbocycles. The first-order valence-corrected chi connectivity index (χ1v) is 6.24. The van der Waals surface area contributed by atoms with Crippen LogP contribution < -0.4 is 0 Å². The molecule has 4 heteroatoms. The zero-order chi connectivity index (χ0) is 13.2. The lowest BCUT2D eigenvalue weighted by molar-refractivity contribution is -0.0162. The van der Waals surface area contributed by atoms with E-state index in [2.05, 4.69) is 0 Å². The van der Waals surface area contributed by atoms with Crippen molar-refractivity contribution in [3.8, 4) is 0 Å². The highest BCUT2D eigenvalue weighted by atomic mass is 16.4. The van der Waals surface area contributed by atoms with Gasteiger partial charge in [-0.15, -0.1) is 0 Å². The predicted octanol–water partition coefficient (Wildman–Crippen LogP) is 2.04. The molecule has 0 saturated carbocycles. The van der Waals surface area contributed by atoms with Crippen LogP contribution in [0.4, 0.5) is 4.79 Å².